The highest BCUT2D eigenvalue weighted by atomic mass is 32.2. The molecule has 0 spiro atoms. The molecule has 0 aliphatic rings. The van der Waals surface area contributed by atoms with Gasteiger partial charge >= 0.3 is 6.18 Å². The largest absolute Gasteiger partial charge is 0.416 e. The SMILES string of the molecule is CC(C(C)S(C)(=O)=O)N(C)C(=O)c1ccc(C(F)(F)F)cc1. The first kappa shape index (κ1) is 18.5. The van der Waals surface area contributed by atoms with E-state index in [1.165, 1.54) is 18.9 Å². The minimum absolute atomic E-state index is 0.0723. The van der Waals surface area contributed by atoms with Gasteiger partial charge in [-0.25, -0.2) is 8.42 Å². The Balaban J connectivity index is 2.96. The average Bonchev–Trinajstić information content (AvgIpc) is 2.42. The van der Waals surface area contributed by atoms with E-state index in [-0.39, 0.29) is 5.56 Å². The summed E-state index contributed by atoms with van der Waals surface area (Å²) in [5.74, 6) is -0.531. The molecule has 22 heavy (non-hydrogen) atoms. The van der Waals surface area contributed by atoms with Crippen LogP contribution in [0, 0.1) is 0 Å². The number of nitrogens with zero attached hydrogens (tertiary/aromatic N) is 1. The number of amides is 1. The maximum atomic E-state index is 12.5. The Morgan fingerprint density at radius 2 is 1.59 bits per heavy atom. The third kappa shape index (κ3) is 4.22. The first-order valence-electron chi connectivity index (χ1n) is 6.49. The highest BCUT2D eigenvalue weighted by Crippen LogP contribution is 2.29. The molecule has 1 aromatic carbocycles. The van der Waals surface area contributed by atoms with Crippen molar-refractivity contribution in [3.05, 3.63) is 35.4 Å². The Bertz CT molecular complexity index is 638. The van der Waals surface area contributed by atoms with Gasteiger partial charge in [-0.2, -0.15) is 13.2 Å². The molecule has 1 aromatic rings. The minimum atomic E-state index is -4.47. The molecule has 2 unspecified atom stereocenters. The van der Waals surface area contributed by atoms with E-state index < -0.39 is 38.8 Å². The van der Waals surface area contributed by atoms with Crippen molar-refractivity contribution in [1.82, 2.24) is 4.90 Å². The topological polar surface area (TPSA) is 54.5 Å². The molecular formula is C14H18F3NO3S. The molecule has 0 radical (unpaired) electrons. The summed E-state index contributed by atoms with van der Waals surface area (Å²) in [4.78, 5) is 13.4. The highest BCUT2D eigenvalue weighted by molar-refractivity contribution is 7.91. The minimum Gasteiger partial charge on any atom is -0.338 e. The van der Waals surface area contributed by atoms with Crippen LogP contribution in [0.15, 0.2) is 24.3 Å². The van der Waals surface area contributed by atoms with Crippen molar-refractivity contribution < 1.29 is 26.4 Å². The summed E-state index contributed by atoms with van der Waals surface area (Å²) in [6, 6.07) is 3.21. The number of benzene rings is 1. The molecule has 1 amide bonds. The second kappa shape index (κ2) is 6.28. The zero-order valence-corrected chi connectivity index (χ0v) is 13.5. The lowest BCUT2D eigenvalue weighted by Gasteiger charge is -2.29. The van der Waals surface area contributed by atoms with Gasteiger partial charge in [0.15, 0.2) is 9.84 Å². The van der Waals surface area contributed by atoms with E-state index in [4.69, 9.17) is 0 Å². The fraction of sp³-hybridized carbons (Fsp3) is 0.500. The van der Waals surface area contributed by atoms with E-state index in [2.05, 4.69) is 0 Å². The Kier molecular flexibility index (Phi) is 5.27. The second-order valence-corrected chi connectivity index (χ2v) is 7.67. The lowest BCUT2D eigenvalue weighted by Crippen LogP contribution is -2.44. The molecule has 0 saturated heterocycles. The summed E-state index contributed by atoms with van der Waals surface area (Å²) >= 11 is 0. The summed E-state index contributed by atoms with van der Waals surface area (Å²) in [6.45, 7) is 3.06. The number of halogens is 3. The van der Waals surface area contributed by atoms with Gasteiger partial charge in [-0.1, -0.05) is 0 Å². The first-order chi connectivity index (χ1) is 9.85. The van der Waals surface area contributed by atoms with Gasteiger partial charge in [0.2, 0.25) is 0 Å². The summed E-state index contributed by atoms with van der Waals surface area (Å²) in [7, 11) is -1.91. The molecule has 0 fully saturated rings. The molecule has 1 rings (SSSR count). The second-order valence-electron chi connectivity index (χ2n) is 5.27. The average molecular weight is 337 g/mol. The summed E-state index contributed by atoms with van der Waals surface area (Å²) < 4.78 is 60.5. The van der Waals surface area contributed by atoms with E-state index in [1.807, 2.05) is 0 Å². The van der Waals surface area contributed by atoms with Crippen LogP contribution in [0.2, 0.25) is 0 Å². The predicted molar refractivity (Wildman–Crippen MR) is 77.3 cm³/mol. The van der Waals surface area contributed by atoms with Gasteiger partial charge in [-0.05, 0) is 38.1 Å². The van der Waals surface area contributed by atoms with E-state index in [0.717, 1.165) is 30.5 Å². The van der Waals surface area contributed by atoms with Crippen LogP contribution in [0.25, 0.3) is 0 Å². The van der Waals surface area contributed by atoms with Crippen LogP contribution in [0.5, 0.6) is 0 Å². The molecule has 0 saturated carbocycles. The number of hydrogen-bond acceptors (Lipinski definition) is 3. The van der Waals surface area contributed by atoms with Gasteiger partial charge in [-0.3, -0.25) is 4.79 Å². The fourth-order valence-corrected chi connectivity index (χ4v) is 2.76. The van der Waals surface area contributed by atoms with Crippen LogP contribution in [0.3, 0.4) is 0 Å². The third-order valence-electron chi connectivity index (χ3n) is 3.75. The van der Waals surface area contributed by atoms with Crippen LogP contribution in [-0.4, -0.2) is 43.8 Å². The molecule has 0 bridgehead atoms. The molecule has 0 heterocycles. The van der Waals surface area contributed by atoms with Gasteiger partial charge in [0.25, 0.3) is 5.91 Å². The van der Waals surface area contributed by atoms with Crippen molar-refractivity contribution in [1.29, 1.82) is 0 Å². The summed E-state index contributed by atoms with van der Waals surface area (Å²) in [6.07, 6.45) is -3.39. The molecule has 0 aromatic heterocycles. The first-order valence-corrected chi connectivity index (χ1v) is 8.44. The van der Waals surface area contributed by atoms with Crippen molar-refractivity contribution in [2.75, 3.05) is 13.3 Å². The van der Waals surface area contributed by atoms with E-state index >= 15 is 0 Å². The molecule has 124 valence electrons. The van der Waals surface area contributed by atoms with Crippen LogP contribution >= 0.6 is 0 Å². The quantitative estimate of drug-likeness (QED) is 0.849. The van der Waals surface area contributed by atoms with Crippen molar-refractivity contribution >= 4 is 15.7 Å². The molecule has 0 aliphatic heterocycles. The third-order valence-corrected chi connectivity index (χ3v) is 5.49. The van der Waals surface area contributed by atoms with Gasteiger partial charge in [-0.15, -0.1) is 0 Å². The van der Waals surface area contributed by atoms with Crippen molar-refractivity contribution in [3.63, 3.8) is 0 Å². The fourth-order valence-electron chi connectivity index (χ4n) is 1.86. The van der Waals surface area contributed by atoms with Crippen LogP contribution < -0.4 is 0 Å². The van der Waals surface area contributed by atoms with Crippen LogP contribution in [0.1, 0.15) is 29.8 Å². The Hall–Kier alpha value is -1.57. The van der Waals surface area contributed by atoms with E-state index in [0.29, 0.717) is 0 Å². The van der Waals surface area contributed by atoms with Crippen molar-refractivity contribution in [2.45, 2.75) is 31.3 Å². The van der Waals surface area contributed by atoms with Crippen LogP contribution in [0.4, 0.5) is 13.2 Å². The van der Waals surface area contributed by atoms with Crippen LogP contribution in [-0.2, 0) is 16.0 Å². The number of carbonyl (C=O) groups excluding carboxylic acids is 1. The zero-order valence-electron chi connectivity index (χ0n) is 12.7. The number of carbonyl (C=O) groups is 1. The van der Waals surface area contributed by atoms with Gasteiger partial charge in [0, 0.05) is 24.9 Å². The number of alkyl halides is 3. The zero-order chi connectivity index (χ0) is 17.3. The Morgan fingerprint density at radius 1 is 1.14 bits per heavy atom. The highest BCUT2D eigenvalue weighted by Gasteiger charge is 2.31. The molecule has 0 N–H and O–H groups in total. The number of sulfone groups is 1. The normalized spacial score (nSPS) is 15.2. The van der Waals surface area contributed by atoms with Gasteiger partial charge in [0.1, 0.15) is 0 Å². The number of hydrogen-bond donors (Lipinski definition) is 0. The molecular weight excluding hydrogens is 319 g/mol. The summed E-state index contributed by atoms with van der Waals surface area (Å²) in [5, 5.41) is -0.782. The Labute approximate surface area is 127 Å². The monoisotopic (exact) mass is 337 g/mol. The summed E-state index contributed by atoms with van der Waals surface area (Å²) in [5.41, 5.74) is -0.771. The maximum absolute atomic E-state index is 12.5. The number of rotatable bonds is 4. The Morgan fingerprint density at radius 3 is 1.95 bits per heavy atom. The smallest absolute Gasteiger partial charge is 0.338 e. The molecule has 2 atom stereocenters. The lowest BCUT2D eigenvalue weighted by atomic mass is 10.1. The van der Waals surface area contributed by atoms with Gasteiger partial charge in [0.05, 0.1) is 10.8 Å². The predicted octanol–water partition coefficient (Wildman–Crippen LogP) is 2.60. The maximum Gasteiger partial charge on any atom is 0.416 e. The standard InChI is InChI=1S/C14H18F3NO3S/c1-9(10(2)22(4,20)21)18(3)13(19)11-5-7-12(8-6-11)14(15,16)17/h5-10H,1-4H3. The molecule has 0 aliphatic carbocycles. The van der Waals surface area contributed by atoms with E-state index in [9.17, 15) is 26.4 Å². The van der Waals surface area contributed by atoms with Gasteiger partial charge < -0.3 is 4.90 Å². The van der Waals surface area contributed by atoms with Crippen molar-refractivity contribution in [2.24, 2.45) is 0 Å². The van der Waals surface area contributed by atoms with Crippen molar-refractivity contribution in [3.8, 4) is 0 Å². The lowest BCUT2D eigenvalue weighted by molar-refractivity contribution is -0.137. The molecule has 8 heteroatoms. The molecule has 4 nitrogen and oxygen atoms in total. The van der Waals surface area contributed by atoms with E-state index in [1.54, 1.807) is 6.92 Å².